The number of nitrogens with zero attached hydrogens (tertiary/aromatic N) is 1. The summed E-state index contributed by atoms with van der Waals surface area (Å²) in [5.41, 5.74) is 0.485. The number of sulfonamides is 1. The van der Waals surface area contributed by atoms with E-state index in [0.29, 0.717) is 12.4 Å². The van der Waals surface area contributed by atoms with Gasteiger partial charge in [-0.25, -0.2) is 13.1 Å². The van der Waals surface area contributed by atoms with Gasteiger partial charge in [-0.3, -0.25) is 10.1 Å². The molecule has 0 aliphatic heterocycles. The lowest BCUT2D eigenvalue weighted by molar-refractivity contribution is -0.385. The summed E-state index contributed by atoms with van der Waals surface area (Å²) in [7, 11) is -3.87. The molecule has 0 heterocycles. The van der Waals surface area contributed by atoms with E-state index in [-0.39, 0.29) is 10.6 Å². The largest absolute Gasteiger partial charge is 0.494 e. The summed E-state index contributed by atoms with van der Waals surface area (Å²) in [5, 5.41) is 10.8. The molecule has 0 spiro atoms. The van der Waals surface area contributed by atoms with E-state index in [1.807, 2.05) is 6.92 Å². The zero-order valence-corrected chi connectivity index (χ0v) is 14.1. The van der Waals surface area contributed by atoms with Crippen LogP contribution in [0.15, 0.2) is 53.4 Å². The van der Waals surface area contributed by atoms with Crippen LogP contribution in [0.25, 0.3) is 0 Å². The van der Waals surface area contributed by atoms with Crippen LogP contribution in [0.1, 0.15) is 25.5 Å². The number of benzene rings is 2. The zero-order valence-electron chi connectivity index (χ0n) is 13.3. The molecule has 128 valence electrons. The molecule has 8 heteroatoms. The minimum Gasteiger partial charge on any atom is -0.494 e. The number of ether oxygens (including phenoxy) is 1. The molecule has 0 aliphatic rings. The smallest absolute Gasteiger partial charge is 0.270 e. The maximum absolute atomic E-state index is 12.4. The van der Waals surface area contributed by atoms with Gasteiger partial charge in [-0.15, -0.1) is 0 Å². The minimum atomic E-state index is -3.87. The predicted octanol–water partition coefficient (Wildman–Crippen LogP) is 3.03. The Morgan fingerprint density at radius 2 is 1.88 bits per heavy atom. The lowest BCUT2D eigenvalue weighted by atomic mass is 10.1. The van der Waals surface area contributed by atoms with Crippen LogP contribution in [0.4, 0.5) is 5.69 Å². The molecule has 1 N–H and O–H groups in total. The van der Waals surface area contributed by atoms with Crippen molar-refractivity contribution in [3.63, 3.8) is 0 Å². The van der Waals surface area contributed by atoms with Gasteiger partial charge in [0.2, 0.25) is 10.0 Å². The third-order valence-electron chi connectivity index (χ3n) is 3.36. The molecule has 2 rings (SSSR count). The summed E-state index contributed by atoms with van der Waals surface area (Å²) in [6, 6.07) is 11.5. The van der Waals surface area contributed by atoms with E-state index in [0.717, 1.165) is 11.6 Å². The molecule has 0 saturated carbocycles. The van der Waals surface area contributed by atoms with E-state index in [1.165, 1.54) is 18.2 Å². The molecule has 2 aromatic carbocycles. The van der Waals surface area contributed by atoms with E-state index in [1.54, 1.807) is 31.2 Å². The summed E-state index contributed by atoms with van der Waals surface area (Å²) >= 11 is 0. The second-order valence-corrected chi connectivity index (χ2v) is 6.81. The lowest BCUT2D eigenvalue weighted by Gasteiger charge is -2.15. The van der Waals surface area contributed by atoms with Gasteiger partial charge in [-0.05, 0) is 37.6 Å². The fourth-order valence-corrected chi connectivity index (χ4v) is 3.42. The highest BCUT2D eigenvalue weighted by Gasteiger charge is 2.20. The Morgan fingerprint density at radius 3 is 2.46 bits per heavy atom. The van der Waals surface area contributed by atoms with Gasteiger partial charge in [-0.2, -0.15) is 0 Å². The normalized spacial score (nSPS) is 12.6. The molecular formula is C16H18N2O5S. The Balaban J connectivity index is 2.18. The Labute approximate surface area is 140 Å². The number of nitrogens with one attached hydrogen (secondary N) is 1. The molecule has 2 aromatic rings. The SMILES string of the molecule is CCOc1ccc([C@@H](C)NS(=O)(=O)c2cccc([N+](=O)[O-])c2)cc1. The van der Waals surface area contributed by atoms with Crippen molar-refractivity contribution in [3.05, 3.63) is 64.2 Å². The summed E-state index contributed by atoms with van der Waals surface area (Å²) in [6.45, 7) is 4.13. The maximum Gasteiger partial charge on any atom is 0.270 e. The van der Waals surface area contributed by atoms with Gasteiger partial charge in [0.05, 0.1) is 16.4 Å². The number of nitro benzene ring substituents is 1. The molecule has 1 atom stereocenters. The van der Waals surface area contributed by atoms with E-state index >= 15 is 0 Å². The summed E-state index contributed by atoms with van der Waals surface area (Å²) in [5.74, 6) is 0.704. The van der Waals surface area contributed by atoms with Gasteiger partial charge in [0, 0.05) is 18.2 Å². The van der Waals surface area contributed by atoms with Crippen molar-refractivity contribution in [2.45, 2.75) is 24.8 Å². The molecule has 0 fully saturated rings. The van der Waals surface area contributed by atoms with Crippen LogP contribution in [-0.2, 0) is 10.0 Å². The Kier molecular flexibility index (Phi) is 5.53. The molecule has 0 amide bonds. The first kappa shape index (κ1) is 17.9. The first-order valence-corrected chi connectivity index (χ1v) is 8.81. The topological polar surface area (TPSA) is 98.5 Å². The van der Waals surface area contributed by atoms with Crippen LogP contribution < -0.4 is 9.46 Å². The van der Waals surface area contributed by atoms with Crippen molar-refractivity contribution in [1.29, 1.82) is 0 Å². The average Bonchev–Trinajstić information content (AvgIpc) is 2.55. The van der Waals surface area contributed by atoms with Gasteiger partial charge in [0.15, 0.2) is 0 Å². The molecule has 24 heavy (non-hydrogen) atoms. The zero-order chi connectivity index (χ0) is 17.7. The third kappa shape index (κ3) is 4.30. The van der Waals surface area contributed by atoms with Crippen molar-refractivity contribution in [2.24, 2.45) is 0 Å². The fraction of sp³-hybridized carbons (Fsp3) is 0.250. The van der Waals surface area contributed by atoms with Gasteiger partial charge < -0.3 is 4.74 Å². The quantitative estimate of drug-likeness (QED) is 0.611. The fourth-order valence-electron chi connectivity index (χ4n) is 2.15. The molecular weight excluding hydrogens is 332 g/mol. The third-order valence-corrected chi connectivity index (χ3v) is 4.90. The number of hydrogen-bond donors (Lipinski definition) is 1. The van der Waals surface area contributed by atoms with Gasteiger partial charge in [0.25, 0.3) is 5.69 Å². The van der Waals surface area contributed by atoms with Gasteiger partial charge >= 0.3 is 0 Å². The highest BCUT2D eigenvalue weighted by atomic mass is 32.2. The van der Waals surface area contributed by atoms with Crippen LogP contribution in [0.5, 0.6) is 5.75 Å². The standard InChI is InChI=1S/C16H18N2O5S/c1-3-23-15-9-7-13(8-10-15)12(2)17-24(21,22)16-6-4-5-14(11-16)18(19)20/h4-12,17H,3H2,1-2H3/t12-/m1/s1. The van der Waals surface area contributed by atoms with Crippen molar-refractivity contribution in [2.75, 3.05) is 6.61 Å². The molecule has 0 saturated heterocycles. The number of rotatable bonds is 7. The maximum atomic E-state index is 12.4. The second-order valence-electron chi connectivity index (χ2n) is 5.10. The molecule has 0 unspecified atom stereocenters. The average molecular weight is 350 g/mol. The number of nitro groups is 1. The van der Waals surface area contributed by atoms with E-state index in [9.17, 15) is 18.5 Å². The van der Waals surface area contributed by atoms with Crippen molar-refractivity contribution >= 4 is 15.7 Å². The molecule has 0 radical (unpaired) electrons. The summed E-state index contributed by atoms with van der Waals surface area (Å²) in [4.78, 5) is 10.0. The van der Waals surface area contributed by atoms with Crippen LogP contribution in [0.3, 0.4) is 0 Å². The van der Waals surface area contributed by atoms with Crippen molar-refractivity contribution < 1.29 is 18.1 Å². The molecule has 0 bridgehead atoms. The summed E-state index contributed by atoms with van der Waals surface area (Å²) in [6.07, 6.45) is 0. The van der Waals surface area contributed by atoms with E-state index in [2.05, 4.69) is 4.72 Å². The van der Waals surface area contributed by atoms with Crippen LogP contribution in [-0.4, -0.2) is 19.9 Å². The van der Waals surface area contributed by atoms with Crippen molar-refractivity contribution in [3.8, 4) is 5.75 Å². The summed E-state index contributed by atoms with van der Waals surface area (Å²) < 4.78 is 32.7. The molecule has 0 aromatic heterocycles. The monoisotopic (exact) mass is 350 g/mol. The predicted molar refractivity (Wildman–Crippen MR) is 89.4 cm³/mol. The molecule has 7 nitrogen and oxygen atoms in total. The first-order valence-electron chi connectivity index (χ1n) is 7.33. The van der Waals surface area contributed by atoms with Gasteiger partial charge in [-0.1, -0.05) is 18.2 Å². The van der Waals surface area contributed by atoms with E-state index in [4.69, 9.17) is 4.74 Å². The minimum absolute atomic E-state index is 0.144. The Bertz CT molecular complexity index is 819. The number of hydrogen-bond acceptors (Lipinski definition) is 5. The highest BCUT2D eigenvalue weighted by molar-refractivity contribution is 7.89. The first-order chi connectivity index (χ1) is 11.3. The van der Waals surface area contributed by atoms with Crippen molar-refractivity contribution in [1.82, 2.24) is 4.72 Å². The molecule has 0 aliphatic carbocycles. The van der Waals surface area contributed by atoms with Gasteiger partial charge in [0.1, 0.15) is 5.75 Å². The number of non-ortho nitro benzene ring substituents is 1. The Morgan fingerprint density at radius 1 is 1.21 bits per heavy atom. The Hall–Kier alpha value is -2.45. The van der Waals surface area contributed by atoms with Crippen LogP contribution in [0.2, 0.25) is 0 Å². The van der Waals surface area contributed by atoms with Crippen LogP contribution in [0, 0.1) is 10.1 Å². The highest BCUT2D eigenvalue weighted by Crippen LogP contribution is 2.22. The van der Waals surface area contributed by atoms with E-state index < -0.39 is 21.0 Å². The lowest BCUT2D eigenvalue weighted by Crippen LogP contribution is -2.26. The second kappa shape index (κ2) is 7.41. The van der Waals surface area contributed by atoms with Crippen LogP contribution >= 0.6 is 0 Å².